The number of hydrogen-bond acceptors (Lipinski definition) is 5. The number of nitrogen functional groups attached to an aromatic ring is 1. The maximum Gasteiger partial charge on any atom is 0.340 e. The van der Waals surface area contributed by atoms with Crippen molar-refractivity contribution < 1.29 is 9.53 Å². The first kappa shape index (κ1) is 14.6. The first-order valence-corrected chi connectivity index (χ1v) is 7.13. The number of ether oxygens (including phenoxy) is 1. The van der Waals surface area contributed by atoms with Gasteiger partial charge >= 0.3 is 5.97 Å². The lowest BCUT2D eigenvalue weighted by Crippen LogP contribution is -2.35. The molecule has 3 atom stereocenters. The van der Waals surface area contributed by atoms with Crippen LogP contribution >= 0.6 is 0 Å². The highest BCUT2D eigenvalue weighted by atomic mass is 16.5. The van der Waals surface area contributed by atoms with Gasteiger partial charge in [0, 0.05) is 6.04 Å². The lowest BCUT2D eigenvalue weighted by atomic mass is 9.78. The minimum Gasteiger partial charge on any atom is -0.465 e. The van der Waals surface area contributed by atoms with E-state index in [-0.39, 0.29) is 0 Å². The number of hydrogen-bond donors (Lipinski definition) is 2. The number of esters is 1. The fourth-order valence-corrected chi connectivity index (χ4v) is 2.81. The highest BCUT2D eigenvalue weighted by molar-refractivity contribution is 5.95. The molecule has 0 saturated heterocycles. The molecule has 0 spiro atoms. The van der Waals surface area contributed by atoms with E-state index in [0.29, 0.717) is 34.9 Å². The molecule has 1 fully saturated rings. The van der Waals surface area contributed by atoms with Crippen molar-refractivity contribution in [2.24, 2.45) is 11.8 Å². The average Bonchev–Trinajstić information content (AvgIpc) is 2.45. The Bertz CT molecular complexity index is 490. The Morgan fingerprint density at radius 2 is 2.20 bits per heavy atom. The van der Waals surface area contributed by atoms with E-state index in [1.807, 2.05) is 0 Å². The molecule has 110 valence electrons. The number of nitrogens with two attached hydrogens (primary N) is 1. The van der Waals surface area contributed by atoms with Crippen molar-refractivity contribution >= 4 is 17.5 Å². The number of aromatic nitrogens is 1. The summed E-state index contributed by atoms with van der Waals surface area (Å²) in [5, 5.41) is 3.43. The summed E-state index contributed by atoms with van der Waals surface area (Å²) in [6, 6.07) is 2.06. The lowest BCUT2D eigenvalue weighted by molar-refractivity contribution is 0.0602. The number of carbonyl (C=O) groups is 1. The van der Waals surface area contributed by atoms with Crippen molar-refractivity contribution in [1.82, 2.24) is 4.98 Å². The van der Waals surface area contributed by atoms with E-state index >= 15 is 0 Å². The van der Waals surface area contributed by atoms with Gasteiger partial charge in [-0.3, -0.25) is 0 Å². The van der Waals surface area contributed by atoms with E-state index in [1.54, 1.807) is 6.07 Å². The van der Waals surface area contributed by atoms with E-state index in [9.17, 15) is 4.79 Å². The summed E-state index contributed by atoms with van der Waals surface area (Å²) in [7, 11) is 1.35. The standard InChI is InChI=1S/C15H23N3O2/c1-9-5-4-6-13(10(9)2)18-14-7-11(15(19)20-3)12(16)8-17-14/h7-10,13H,4-6,16H2,1-3H3,(H,17,18). The third-order valence-electron chi connectivity index (χ3n) is 4.38. The summed E-state index contributed by atoms with van der Waals surface area (Å²) in [5.41, 5.74) is 6.46. The molecule has 0 aliphatic heterocycles. The number of carbonyl (C=O) groups excluding carboxylic acids is 1. The molecule has 1 aromatic rings. The van der Waals surface area contributed by atoms with Crippen molar-refractivity contribution in [1.29, 1.82) is 0 Å². The molecular weight excluding hydrogens is 254 g/mol. The van der Waals surface area contributed by atoms with E-state index in [1.165, 1.54) is 26.1 Å². The van der Waals surface area contributed by atoms with Gasteiger partial charge in [-0.15, -0.1) is 0 Å². The predicted molar refractivity (Wildman–Crippen MR) is 79.6 cm³/mol. The van der Waals surface area contributed by atoms with Crippen LogP contribution in [0.1, 0.15) is 43.5 Å². The second-order valence-electron chi connectivity index (χ2n) is 5.67. The van der Waals surface area contributed by atoms with Crippen LogP contribution in [0.25, 0.3) is 0 Å². The number of nitrogens with one attached hydrogen (secondary N) is 1. The molecule has 0 amide bonds. The van der Waals surface area contributed by atoms with Crippen LogP contribution in [0.15, 0.2) is 12.3 Å². The number of anilines is 2. The molecule has 1 heterocycles. The van der Waals surface area contributed by atoms with Gasteiger partial charge in [0.1, 0.15) is 5.82 Å². The summed E-state index contributed by atoms with van der Waals surface area (Å²) in [6.07, 6.45) is 5.14. The maximum atomic E-state index is 11.6. The monoisotopic (exact) mass is 277 g/mol. The van der Waals surface area contributed by atoms with E-state index in [0.717, 1.165) is 6.42 Å². The van der Waals surface area contributed by atoms with Gasteiger partial charge in [-0.05, 0) is 24.3 Å². The van der Waals surface area contributed by atoms with Crippen LogP contribution in [0.4, 0.5) is 11.5 Å². The van der Waals surface area contributed by atoms with Gasteiger partial charge in [0.15, 0.2) is 0 Å². The number of pyridine rings is 1. The number of methoxy groups -OCH3 is 1. The summed E-state index contributed by atoms with van der Waals surface area (Å²) in [5.74, 6) is 1.54. The Hall–Kier alpha value is -1.78. The average molecular weight is 277 g/mol. The topological polar surface area (TPSA) is 77.2 Å². The number of nitrogens with zero attached hydrogens (tertiary/aromatic N) is 1. The number of rotatable bonds is 3. The molecule has 5 heteroatoms. The van der Waals surface area contributed by atoms with Gasteiger partial charge < -0.3 is 15.8 Å². The highest BCUT2D eigenvalue weighted by Crippen LogP contribution is 2.31. The van der Waals surface area contributed by atoms with Crippen LogP contribution in [0.2, 0.25) is 0 Å². The summed E-state index contributed by atoms with van der Waals surface area (Å²) in [4.78, 5) is 15.9. The largest absolute Gasteiger partial charge is 0.465 e. The van der Waals surface area contributed by atoms with Gasteiger partial charge in [-0.1, -0.05) is 26.7 Å². The molecular formula is C15H23N3O2. The molecule has 5 nitrogen and oxygen atoms in total. The van der Waals surface area contributed by atoms with E-state index in [2.05, 4.69) is 24.1 Å². The second kappa shape index (κ2) is 6.11. The SMILES string of the molecule is COC(=O)c1cc(NC2CCCC(C)C2C)ncc1N. The smallest absolute Gasteiger partial charge is 0.340 e. The third kappa shape index (κ3) is 3.03. The van der Waals surface area contributed by atoms with Crippen molar-refractivity contribution in [3.63, 3.8) is 0 Å². The molecule has 1 aliphatic carbocycles. The molecule has 0 radical (unpaired) electrons. The fourth-order valence-electron chi connectivity index (χ4n) is 2.81. The summed E-state index contributed by atoms with van der Waals surface area (Å²) >= 11 is 0. The Kier molecular flexibility index (Phi) is 4.47. The quantitative estimate of drug-likeness (QED) is 0.831. The minimum absolute atomic E-state index is 0.340. The third-order valence-corrected chi connectivity index (χ3v) is 4.38. The first-order chi connectivity index (χ1) is 9.52. The van der Waals surface area contributed by atoms with Crippen LogP contribution in [-0.2, 0) is 4.74 Å². The highest BCUT2D eigenvalue weighted by Gasteiger charge is 2.27. The van der Waals surface area contributed by atoms with E-state index < -0.39 is 5.97 Å². The molecule has 3 N–H and O–H groups in total. The van der Waals surface area contributed by atoms with E-state index in [4.69, 9.17) is 10.5 Å². The van der Waals surface area contributed by atoms with Gasteiger partial charge in [0.2, 0.25) is 0 Å². The van der Waals surface area contributed by atoms with Gasteiger partial charge in [-0.2, -0.15) is 0 Å². The molecule has 1 aliphatic rings. The summed E-state index contributed by atoms with van der Waals surface area (Å²) < 4.78 is 4.73. The van der Waals surface area contributed by atoms with Crippen molar-refractivity contribution in [2.45, 2.75) is 39.2 Å². The van der Waals surface area contributed by atoms with Gasteiger partial charge in [0.25, 0.3) is 0 Å². The Balaban J connectivity index is 2.15. The zero-order valence-corrected chi connectivity index (χ0v) is 12.3. The normalized spacial score (nSPS) is 26.1. The van der Waals surface area contributed by atoms with Crippen LogP contribution in [0, 0.1) is 11.8 Å². The van der Waals surface area contributed by atoms with Gasteiger partial charge in [-0.25, -0.2) is 9.78 Å². The van der Waals surface area contributed by atoms with Crippen LogP contribution in [-0.4, -0.2) is 24.1 Å². The Morgan fingerprint density at radius 1 is 1.45 bits per heavy atom. The lowest BCUT2D eigenvalue weighted by Gasteiger charge is -2.35. The molecule has 3 unspecified atom stereocenters. The molecule has 0 aromatic carbocycles. The fraction of sp³-hybridized carbons (Fsp3) is 0.600. The first-order valence-electron chi connectivity index (χ1n) is 7.13. The maximum absolute atomic E-state index is 11.6. The molecule has 0 bridgehead atoms. The Morgan fingerprint density at radius 3 is 2.90 bits per heavy atom. The van der Waals surface area contributed by atoms with Crippen LogP contribution in [0.5, 0.6) is 0 Å². The Labute approximate surface area is 119 Å². The molecule has 2 rings (SSSR count). The molecule has 20 heavy (non-hydrogen) atoms. The molecule has 1 aromatic heterocycles. The van der Waals surface area contributed by atoms with Crippen LogP contribution < -0.4 is 11.1 Å². The zero-order chi connectivity index (χ0) is 14.7. The van der Waals surface area contributed by atoms with Gasteiger partial charge in [0.05, 0.1) is 24.6 Å². The molecule has 1 saturated carbocycles. The van der Waals surface area contributed by atoms with Crippen molar-refractivity contribution in [2.75, 3.05) is 18.2 Å². The predicted octanol–water partition coefficient (Wildman–Crippen LogP) is 2.69. The minimum atomic E-state index is -0.432. The summed E-state index contributed by atoms with van der Waals surface area (Å²) in [6.45, 7) is 4.55. The zero-order valence-electron chi connectivity index (χ0n) is 12.3. The van der Waals surface area contributed by atoms with Crippen molar-refractivity contribution in [3.8, 4) is 0 Å². The second-order valence-corrected chi connectivity index (χ2v) is 5.67. The van der Waals surface area contributed by atoms with Crippen molar-refractivity contribution in [3.05, 3.63) is 17.8 Å². The van der Waals surface area contributed by atoms with Crippen LogP contribution in [0.3, 0.4) is 0 Å².